The van der Waals surface area contributed by atoms with Crippen LogP contribution in [0.1, 0.15) is 41.3 Å². The van der Waals surface area contributed by atoms with Gasteiger partial charge in [0.15, 0.2) is 0 Å². The van der Waals surface area contributed by atoms with Crippen LogP contribution >= 0.6 is 11.3 Å². The van der Waals surface area contributed by atoms with Crippen LogP contribution in [0.25, 0.3) is 0 Å². The van der Waals surface area contributed by atoms with Gasteiger partial charge in [0, 0.05) is 17.8 Å². The highest BCUT2D eigenvalue weighted by Crippen LogP contribution is 2.46. The van der Waals surface area contributed by atoms with E-state index in [0.717, 1.165) is 17.8 Å². The van der Waals surface area contributed by atoms with E-state index in [2.05, 4.69) is 10.3 Å². The molecule has 3 rings (SSSR count). The quantitative estimate of drug-likeness (QED) is 0.807. The molecular weight excluding hydrogens is 276 g/mol. The van der Waals surface area contributed by atoms with E-state index in [9.17, 15) is 9.59 Å². The van der Waals surface area contributed by atoms with Crippen LogP contribution < -0.4 is 5.32 Å². The zero-order chi connectivity index (χ0) is 14.2. The van der Waals surface area contributed by atoms with Crippen molar-refractivity contribution in [1.29, 1.82) is 0 Å². The Bertz CT molecular complexity index is 525. The molecule has 2 aliphatic rings. The number of nitrogens with zero attached hydrogens (tertiary/aromatic N) is 1. The van der Waals surface area contributed by atoms with Gasteiger partial charge in [-0.2, -0.15) is 0 Å². The molecular formula is C14H18N2O3S. The smallest absolute Gasteiger partial charge is 0.319 e. The maximum atomic E-state index is 11.8. The Labute approximate surface area is 121 Å². The number of amides is 1. The van der Waals surface area contributed by atoms with E-state index in [4.69, 9.17) is 5.11 Å². The van der Waals surface area contributed by atoms with Gasteiger partial charge in [0.1, 0.15) is 5.41 Å². The van der Waals surface area contributed by atoms with Crippen molar-refractivity contribution in [3.63, 3.8) is 0 Å². The summed E-state index contributed by atoms with van der Waals surface area (Å²) < 4.78 is 0. The van der Waals surface area contributed by atoms with E-state index in [1.807, 2.05) is 0 Å². The Morgan fingerprint density at radius 3 is 2.70 bits per heavy atom. The summed E-state index contributed by atoms with van der Waals surface area (Å²) in [6.07, 6.45) is 6.26. The van der Waals surface area contributed by atoms with Crippen LogP contribution in [0, 0.1) is 5.41 Å². The summed E-state index contributed by atoms with van der Waals surface area (Å²) in [4.78, 5) is 28.9. The fourth-order valence-corrected chi connectivity index (χ4v) is 3.78. The predicted molar refractivity (Wildman–Crippen MR) is 74.8 cm³/mol. The minimum absolute atomic E-state index is 0.341. The molecule has 20 heavy (non-hydrogen) atoms. The van der Waals surface area contributed by atoms with Crippen LogP contribution in [-0.2, 0) is 28.9 Å². The van der Waals surface area contributed by atoms with Crippen molar-refractivity contribution < 1.29 is 14.7 Å². The lowest BCUT2D eigenvalue weighted by Crippen LogP contribution is -2.37. The topological polar surface area (TPSA) is 79.3 Å². The molecule has 0 unspecified atom stereocenters. The summed E-state index contributed by atoms with van der Waals surface area (Å²) in [6.45, 7) is 0.472. The number of nitrogens with one attached hydrogen (secondary N) is 1. The SMILES string of the molecule is O=C(O)C1(C(=O)NCCc2nc3c(s2)CCCC3)CC1. The molecule has 6 heteroatoms. The maximum Gasteiger partial charge on any atom is 0.319 e. The van der Waals surface area contributed by atoms with Gasteiger partial charge in [0.05, 0.1) is 10.7 Å². The molecule has 0 bridgehead atoms. The number of carbonyl (C=O) groups excluding carboxylic acids is 1. The summed E-state index contributed by atoms with van der Waals surface area (Å²) in [5, 5.41) is 12.8. The number of carboxylic acid groups (broad SMARTS) is 1. The van der Waals surface area contributed by atoms with Gasteiger partial charge in [-0.25, -0.2) is 4.98 Å². The third-order valence-electron chi connectivity index (χ3n) is 4.11. The van der Waals surface area contributed by atoms with Crippen LogP contribution in [0.2, 0.25) is 0 Å². The molecule has 0 saturated heterocycles. The number of carbonyl (C=O) groups is 2. The second-order valence-corrected chi connectivity index (χ2v) is 6.75. The molecule has 2 N–H and O–H groups in total. The average Bonchev–Trinajstić information content (AvgIpc) is 3.14. The number of fused-ring (bicyclic) bond motifs is 1. The standard InChI is InChI=1S/C14H18N2O3S/c17-12(14(6-7-14)13(18)19)15-8-5-11-16-9-3-1-2-4-10(9)20-11/h1-8H2,(H,15,17)(H,18,19). The molecule has 0 aliphatic heterocycles. The Hall–Kier alpha value is -1.43. The van der Waals surface area contributed by atoms with Gasteiger partial charge in [-0.15, -0.1) is 11.3 Å². The Morgan fingerprint density at radius 1 is 1.30 bits per heavy atom. The number of aromatic nitrogens is 1. The zero-order valence-electron chi connectivity index (χ0n) is 11.3. The molecule has 0 atom stereocenters. The lowest BCUT2D eigenvalue weighted by atomic mass is 10.0. The number of hydrogen-bond donors (Lipinski definition) is 2. The van der Waals surface area contributed by atoms with Crippen LogP contribution in [0.5, 0.6) is 0 Å². The lowest BCUT2D eigenvalue weighted by molar-refractivity contribution is -0.149. The molecule has 1 aromatic rings. The third kappa shape index (κ3) is 2.44. The highest BCUT2D eigenvalue weighted by Gasteiger charge is 2.56. The second-order valence-electron chi connectivity index (χ2n) is 5.58. The molecule has 1 heterocycles. The van der Waals surface area contributed by atoms with Crippen molar-refractivity contribution in [2.24, 2.45) is 5.41 Å². The van der Waals surface area contributed by atoms with Gasteiger partial charge in [0.25, 0.3) is 0 Å². The normalized spacial score (nSPS) is 19.2. The number of rotatable bonds is 5. The van der Waals surface area contributed by atoms with E-state index in [-0.39, 0.29) is 5.91 Å². The maximum absolute atomic E-state index is 11.8. The fraction of sp³-hybridized carbons (Fsp3) is 0.643. The number of aryl methyl sites for hydroxylation is 2. The zero-order valence-corrected chi connectivity index (χ0v) is 12.1. The van der Waals surface area contributed by atoms with E-state index < -0.39 is 11.4 Å². The van der Waals surface area contributed by atoms with Gasteiger partial charge >= 0.3 is 5.97 Å². The van der Waals surface area contributed by atoms with Crippen molar-refractivity contribution in [2.45, 2.75) is 44.9 Å². The third-order valence-corrected chi connectivity index (χ3v) is 5.33. The Balaban J connectivity index is 1.52. The largest absolute Gasteiger partial charge is 0.480 e. The monoisotopic (exact) mass is 294 g/mol. The summed E-state index contributed by atoms with van der Waals surface area (Å²) in [5.74, 6) is -1.34. The number of thiazole rings is 1. The lowest BCUT2D eigenvalue weighted by Gasteiger charge is -2.09. The number of aliphatic carboxylic acids is 1. The van der Waals surface area contributed by atoms with E-state index in [1.54, 1.807) is 11.3 Å². The molecule has 1 saturated carbocycles. The van der Waals surface area contributed by atoms with Gasteiger partial charge in [-0.3, -0.25) is 9.59 Å². The van der Waals surface area contributed by atoms with Crippen molar-refractivity contribution in [2.75, 3.05) is 6.54 Å². The first-order valence-electron chi connectivity index (χ1n) is 7.11. The molecule has 0 radical (unpaired) electrons. The van der Waals surface area contributed by atoms with Gasteiger partial charge in [-0.1, -0.05) is 0 Å². The first-order valence-corrected chi connectivity index (χ1v) is 7.93. The van der Waals surface area contributed by atoms with Gasteiger partial charge in [-0.05, 0) is 38.5 Å². The van der Waals surface area contributed by atoms with Crippen molar-refractivity contribution in [1.82, 2.24) is 10.3 Å². The molecule has 0 spiro atoms. The molecule has 5 nitrogen and oxygen atoms in total. The van der Waals surface area contributed by atoms with E-state index >= 15 is 0 Å². The van der Waals surface area contributed by atoms with Crippen molar-refractivity contribution in [3.05, 3.63) is 15.6 Å². The number of hydrogen-bond acceptors (Lipinski definition) is 4. The van der Waals surface area contributed by atoms with Crippen molar-refractivity contribution >= 4 is 23.2 Å². The highest BCUT2D eigenvalue weighted by atomic mass is 32.1. The van der Waals surface area contributed by atoms with Crippen LogP contribution in [-0.4, -0.2) is 28.5 Å². The fourth-order valence-electron chi connectivity index (χ4n) is 2.63. The van der Waals surface area contributed by atoms with Crippen molar-refractivity contribution in [3.8, 4) is 0 Å². The summed E-state index contributed by atoms with van der Waals surface area (Å²) in [5.41, 5.74) is 0.0917. The molecule has 108 valence electrons. The predicted octanol–water partition coefficient (Wildman–Crippen LogP) is 1.55. The summed E-state index contributed by atoms with van der Waals surface area (Å²) >= 11 is 1.74. The molecule has 1 aromatic heterocycles. The summed E-state index contributed by atoms with van der Waals surface area (Å²) in [7, 11) is 0. The van der Waals surface area contributed by atoms with Gasteiger partial charge < -0.3 is 10.4 Å². The van der Waals surface area contributed by atoms with Crippen LogP contribution in [0.4, 0.5) is 0 Å². The Kier molecular flexibility index (Phi) is 3.50. The van der Waals surface area contributed by atoms with E-state index in [0.29, 0.717) is 25.8 Å². The first kappa shape index (κ1) is 13.5. The summed E-state index contributed by atoms with van der Waals surface area (Å²) in [6, 6.07) is 0. The molecule has 1 amide bonds. The first-order chi connectivity index (χ1) is 9.62. The van der Waals surface area contributed by atoms with E-state index in [1.165, 1.54) is 23.4 Å². The Morgan fingerprint density at radius 2 is 2.05 bits per heavy atom. The van der Waals surface area contributed by atoms with Gasteiger partial charge in [0.2, 0.25) is 5.91 Å². The second kappa shape index (κ2) is 5.16. The molecule has 1 fully saturated rings. The minimum Gasteiger partial charge on any atom is -0.480 e. The van der Waals surface area contributed by atoms with Crippen LogP contribution in [0.15, 0.2) is 0 Å². The number of carboxylic acids is 1. The average molecular weight is 294 g/mol. The van der Waals surface area contributed by atoms with Crippen LogP contribution in [0.3, 0.4) is 0 Å². The highest BCUT2D eigenvalue weighted by molar-refractivity contribution is 7.11. The molecule has 2 aliphatic carbocycles. The molecule has 0 aromatic carbocycles. The minimum atomic E-state index is -1.14.